The maximum Gasteiger partial charge on any atom is 3.00 e. The molecule has 0 aromatic rings. The van der Waals surface area contributed by atoms with Gasteiger partial charge in [-0.2, -0.15) is 0 Å². The van der Waals surface area contributed by atoms with Crippen molar-refractivity contribution in [2.24, 2.45) is 0 Å². The Labute approximate surface area is 57.9 Å². The van der Waals surface area contributed by atoms with Gasteiger partial charge in [0.05, 0.1) is 0 Å². The Balaban J connectivity index is 0. The standard InChI is InChI=1S/Al.Ga.P.Si/q;+3;-3;. The molecule has 0 atom stereocenters. The van der Waals surface area contributed by atoms with Gasteiger partial charge in [-0.05, 0) is 0 Å². The molecule has 0 amide bonds. The minimum Gasteiger partial charge on any atom is -3.00 e. The second-order valence-corrected chi connectivity index (χ2v) is 0. The Morgan fingerprint density at radius 2 is 1.00 bits per heavy atom. The molecule has 7 radical (unpaired) electrons. The van der Waals surface area contributed by atoms with Gasteiger partial charge < -0.3 is 9.90 Å². The fourth-order valence-electron chi connectivity index (χ4n) is 0. The third-order valence-electron chi connectivity index (χ3n) is 0. The predicted molar refractivity (Wildman–Crippen MR) is 24.2 cm³/mol. The predicted octanol–water partition coefficient (Wildman–Crippen LogP) is -0.281. The van der Waals surface area contributed by atoms with Gasteiger partial charge in [-0.1, -0.05) is 0 Å². The number of rotatable bonds is 0. The van der Waals surface area contributed by atoms with E-state index in [2.05, 4.69) is 0 Å². The monoisotopic (exact) mass is 155 g/mol. The van der Waals surface area contributed by atoms with Crippen molar-refractivity contribution >= 4 is 58.0 Å². The van der Waals surface area contributed by atoms with Crippen LogP contribution in [0.25, 0.3) is 0 Å². The van der Waals surface area contributed by atoms with Crippen LogP contribution in [0.15, 0.2) is 0 Å². The van der Waals surface area contributed by atoms with Crippen molar-refractivity contribution < 1.29 is 0 Å². The van der Waals surface area contributed by atoms with Crippen molar-refractivity contribution in [3.05, 3.63) is 0 Å². The van der Waals surface area contributed by atoms with Crippen LogP contribution in [-0.4, -0.2) is 48.1 Å². The van der Waals surface area contributed by atoms with E-state index in [1.165, 1.54) is 0 Å². The van der Waals surface area contributed by atoms with Crippen molar-refractivity contribution in [3.8, 4) is 0 Å². The Kier molecular flexibility index (Phi) is 218. The van der Waals surface area contributed by atoms with Crippen LogP contribution >= 0.6 is 9.90 Å². The fraction of sp³-hybridized carbons (Fsp3) is 0. The van der Waals surface area contributed by atoms with Gasteiger partial charge in [0.1, 0.15) is 0 Å². The van der Waals surface area contributed by atoms with Crippen LogP contribution in [0.4, 0.5) is 0 Å². The van der Waals surface area contributed by atoms with Crippen molar-refractivity contribution in [3.63, 3.8) is 0 Å². The zero-order valence-electron chi connectivity index (χ0n) is 2.10. The molecule has 0 saturated heterocycles. The summed E-state index contributed by atoms with van der Waals surface area (Å²) >= 11 is 0. The zero-order valence-corrected chi connectivity index (χ0v) is 7.57. The van der Waals surface area contributed by atoms with Gasteiger partial charge in [0.15, 0.2) is 0 Å². The molecular formula is AlGaPSi. The molecule has 0 aromatic heterocycles. The van der Waals surface area contributed by atoms with Gasteiger partial charge in [-0.3, -0.25) is 0 Å². The van der Waals surface area contributed by atoms with E-state index in [9.17, 15) is 0 Å². The van der Waals surface area contributed by atoms with Gasteiger partial charge in [0.25, 0.3) is 0 Å². The number of hydrogen-bond donors (Lipinski definition) is 0. The van der Waals surface area contributed by atoms with E-state index >= 15 is 0 Å². The van der Waals surface area contributed by atoms with Crippen LogP contribution in [0.2, 0.25) is 0 Å². The van der Waals surface area contributed by atoms with E-state index in [0.29, 0.717) is 0 Å². The Bertz CT molecular complexity index is 8.00. The molecule has 0 bridgehead atoms. The first-order valence-electron chi connectivity index (χ1n) is 0. The average molecular weight is 156 g/mol. The van der Waals surface area contributed by atoms with E-state index in [-0.39, 0.29) is 58.0 Å². The van der Waals surface area contributed by atoms with Crippen LogP contribution in [0.5, 0.6) is 0 Å². The van der Waals surface area contributed by atoms with Gasteiger partial charge in [-0.15, -0.1) is 0 Å². The normalized spacial score (nSPS) is 0. The first-order chi connectivity index (χ1) is 0. The molecule has 0 rings (SSSR count). The van der Waals surface area contributed by atoms with E-state index < -0.39 is 0 Å². The number of hydrogen-bond acceptors (Lipinski definition) is 0. The second kappa shape index (κ2) is 21.3. The third-order valence-corrected chi connectivity index (χ3v) is 0. The summed E-state index contributed by atoms with van der Waals surface area (Å²) in [6.07, 6.45) is 0. The molecule has 15 valence electrons. The summed E-state index contributed by atoms with van der Waals surface area (Å²) in [5.74, 6) is 0. The maximum absolute atomic E-state index is 0. The Morgan fingerprint density at radius 3 is 1.00 bits per heavy atom. The quantitative estimate of drug-likeness (QED) is 0.334. The molecule has 4 heavy (non-hydrogen) atoms. The molecule has 0 saturated carbocycles. The minimum atomic E-state index is 0. The van der Waals surface area contributed by atoms with Gasteiger partial charge in [0, 0.05) is 28.3 Å². The molecule has 0 aliphatic heterocycles. The van der Waals surface area contributed by atoms with Crippen LogP contribution in [0, 0.1) is 0 Å². The summed E-state index contributed by atoms with van der Waals surface area (Å²) in [7, 11) is 0. The third kappa shape index (κ3) is 9.18. The summed E-state index contributed by atoms with van der Waals surface area (Å²) in [4.78, 5) is 0. The fourth-order valence-corrected chi connectivity index (χ4v) is 0. The smallest absolute Gasteiger partial charge is 3.00 e. The molecule has 0 aliphatic rings. The molecule has 0 nitrogen and oxygen atoms in total. The van der Waals surface area contributed by atoms with Crippen molar-refractivity contribution in [2.75, 3.05) is 0 Å². The Hall–Kier alpha value is 1.82. The van der Waals surface area contributed by atoms with E-state index in [1.54, 1.807) is 0 Å². The topological polar surface area (TPSA) is 0 Å². The molecule has 0 heterocycles. The zero-order chi connectivity index (χ0) is 0. The Morgan fingerprint density at radius 1 is 1.00 bits per heavy atom. The summed E-state index contributed by atoms with van der Waals surface area (Å²) < 4.78 is 0. The molecule has 0 N–H and O–H groups in total. The van der Waals surface area contributed by atoms with Crippen molar-refractivity contribution in [2.45, 2.75) is 0 Å². The molecule has 0 aliphatic carbocycles. The van der Waals surface area contributed by atoms with Crippen LogP contribution in [-0.2, 0) is 0 Å². The molecule has 0 unspecified atom stereocenters. The van der Waals surface area contributed by atoms with E-state index in [1.807, 2.05) is 0 Å². The molecule has 0 fully saturated rings. The van der Waals surface area contributed by atoms with Gasteiger partial charge in [-0.25, -0.2) is 0 Å². The summed E-state index contributed by atoms with van der Waals surface area (Å²) in [6.45, 7) is 0. The van der Waals surface area contributed by atoms with Crippen LogP contribution < -0.4 is 0 Å². The molecule has 0 spiro atoms. The molecule has 4 heteroatoms. The van der Waals surface area contributed by atoms with Crippen molar-refractivity contribution in [1.29, 1.82) is 0 Å². The van der Waals surface area contributed by atoms with E-state index in [0.717, 1.165) is 0 Å². The second-order valence-electron chi connectivity index (χ2n) is 0. The first kappa shape index (κ1) is 40.9. The van der Waals surface area contributed by atoms with Gasteiger partial charge in [0.2, 0.25) is 0 Å². The minimum absolute atomic E-state index is 0. The summed E-state index contributed by atoms with van der Waals surface area (Å²) in [5, 5.41) is 0. The molecule has 0 aromatic carbocycles. The largest absolute Gasteiger partial charge is 3.00 e. The van der Waals surface area contributed by atoms with Crippen molar-refractivity contribution in [1.82, 2.24) is 0 Å². The molecular weight excluding hydrogens is 156 g/mol. The van der Waals surface area contributed by atoms with Crippen LogP contribution in [0.3, 0.4) is 0 Å². The van der Waals surface area contributed by atoms with Crippen LogP contribution in [0.1, 0.15) is 0 Å². The first-order valence-corrected chi connectivity index (χ1v) is 0. The summed E-state index contributed by atoms with van der Waals surface area (Å²) in [5.41, 5.74) is 0. The van der Waals surface area contributed by atoms with E-state index in [4.69, 9.17) is 0 Å². The summed E-state index contributed by atoms with van der Waals surface area (Å²) in [6, 6.07) is 0. The van der Waals surface area contributed by atoms with Gasteiger partial charge >= 0.3 is 19.8 Å². The SMILES string of the molecule is [Al].[Ga+3].[P-3].[Si]. The average Bonchev–Trinajstić information content (AvgIpc) is 0. The maximum atomic E-state index is 0.